The third-order valence-electron chi connectivity index (χ3n) is 5.09. The molecule has 1 aliphatic heterocycles. The summed E-state index contributed by atoms with van der Waals surface area (Å²) in [6, 6.07) is 8.10. The molecule has 148 valence electrons. The fourth-order valence-electron chi connectivity index (χ4n) is 3.55. The van der Waals surface area contributed by atoms with Crippen LogP contribution in [0.1, 0.15) is 43.7 Å². The van der Waals surface area contributed by atoms with Crippen LogP contribution in [0.25, 0.3) is 15.9 Å². The number of hydrogen-bond donors (Lipinski definition) is 0. The van der Waals surface area contributed by atoms with Crippen LogP contribution in [0.4, 0.5) is 0 Å². The van der Waals surface area contributed by atoms with Crippen molar-refractivity contribution in [3.8, 4) is 5.69 Å². The van der Waals surface area contributed by atoms with Crippen molar-refractivity contribution < 1.29 is 4.74 Å². The standard InChI is InChI=1S/C22H26N2O2S2/c1-12(2)17-10-16-18(11-26-17)28-20-19(16)21(25)24(22(23-20)27-13(3)4)15-8-6-14(5)7-9-15/h6-9,12-13,17H,10-11H2,1-5H3/t17-/m1/s1. The number of hydrogen-bond acceptors (Lipinski definition) is 5. The van der Waals surface area contributed by atoms with Crippen molar-refractivity contribution in [2.75, 3.05) is 0 Å². The zero-order valence-electron chi connectivity index (χ0n) is 17.0. The Balaban J connectivity index is 1.96. The number of nitrogens with zero attached hydrogens (tertiary/aromatic N) is 2. The van der Waals surface area contributed by atoms with Crippen molar-refractivity contribution in [3.63, 3.8) is 0 Å². The SMILES string of the molecule is Cc1ccc(-n2c(SC(C)C)nc3sc4c(c3c2=O)C[C@H](C(C)C)OC4)cc1. The Morgan fingerprint density at radius 3 is 2.57 bits per heavy atom. The molecule has 0 spiro atoms. The molecule has 0 aliphatic carbocycles. The highest BCUT2D eigenvalue weighted by atomic mass is 32.2. The molecule has 0 bridgehead atoms. The average Bonchev–Trinajstić information content (AvgIpc) is 3.00. The van der Waals surface area contributed by atoms with E-state index in [9.17, 15) is 4.79 Å². The van der Waals surface area contributed by atoms with Crippen LogP contribution in [-0.2, 0) is 17.8 Å². The number of fused-ring (bicyclic) bond motifs is 3. The fraction of sp³-hybridized carbons (Fsp3) is 0.455. The second-order valence-corrected chi connectivity index (χ2v) is 10.6. The first-order valence-corrected chi connectivity index (χ1v) is 11.5. The summed E-state index contributed by atoms with van der Waals surface area (Å²) in [6.07, 6.45) is 0.941. The molecule has 1 atom stereocenters. The molecule has 1 aromatic carbocycles. The Labute approximate surface area is 174 Å². The number of thiophene rings is 1. The van der Waals surface area contributed by atoms with E-state index in [0.29, 0.717) is 17.8 Å². The van der Waals surface area contributed by atoms with E-state index in [0.717, 1.165) is 37.9 Å². The van der Waals surface area contributed by atoms with E-state index in [2.05, 4.69) is 34.6 Å². The van der Waals surface area contributed by atoms with Gasteiger partial charge in [0.05, 0.1) is 23.8 Å². The van der Waals surface area contributed by atoms with E-state index in [4.69, 9.17) is 9.72 Å². The van der Waals surface area contributed by atoms with E-state index in [1.165, 1.54) is 5.56 Å². The number of benzene rings is 1. The summed E-state index contributed by atoms with van der Waals surface area (Å²) in [5, 5.41) is 1.88. The normalized spacial score (nSPS) is 16.9. The summed E-state index contributed by atoms with van der Waals surface area (Å²) in [5.41, 5.74) is 3.23. The minimum absolute atomic E-state index is 0.0407. The van der Waals surface area contributed by atoms with E-state index < -0.39 is 0 Å². The van der Waals surface area contributed by atoms with Crippen LogP contribution in [0.5, 0.6) is 0 Å². The van der Waals surface area contributed by atoms with Crippen LogP contribution in [0, 0.1) is 12.8 Å². The maximum absolute atomic E-state index is 13.7. The monoisotopic (exact) mass is 414 g/mol. The lowest BCUT2D eigenvalue weighted by Gasteiger charge is -2.26. The third-order valence-corrected chi connectivity index (χ3v) is 7.14. The van der Waals surface area contributed by atoms with Crippen LogP contribution < -0.4 is 5.56 Å². The average molecular weight is 415 g/mol. The molecule has 3 aromatic rings. The zero-order chi connectivity index (χ0) is 20.0. The molecule has 6 heteroatoms. The Bertz CT molecular complexity index is 1060. The van der Waals surface area contributed by atoms with Gasteiger partial charge in [-0.05, 0) is 30.5 Å². The predicted molar refractivity (Wildman–Crippen MR) is 118 cm³/mol. The third kappa shape index (κ3) is 3.53. The first-order valence-electron chi connectivity index (χ1n) is 9.77. The highest BCUT2D eigenvalue weighted by Gasteiger charge is 2.28. The molecule has 3 heterocycles. The maximum atomic E-state index is 13.7. The first-order chi connectivity index (χ1) is 13.3. The summed E-state index contributed by atoms with van der Waals surface area (Å²) in [5.74, 6) is 0.422. The van der Waals surface area contributed by atoms with Crippen LogP contribution >= 0.6 is 23.1 Å². The molecule has 28 heavy (non-hydrogen) atoms. The van der Waals surface area contributed by atoms with Gasteiger partial charge in [0.2, 0.25) is 0 Å². The molecule has 0 radical (unpaired) electrons. The van der Waals surface area contributed by atoms with Gasteiger partial charge < -0.3 is 4.74 Å². The van der Waals surface area contributed by atoms with Crippen molar-refractivity contribution in [1.82, 2.24) is 9.55 Å². The van der Waals surface area contributed by atoms with Gasteiger partial charge in [-0.15, -0.1) is 11.3 Å². The number of ether oxygens (including phenoxy) is 1. The molecular weight excluding hydrogens is 388 g/mol. The second-order valence-electron chi connectivity index (χ2n) is 8.02. The quantitative estimate of drug-likeness (QED) is 0.426. The van der Waals surface area contributed by atoms with Crippen LogP contribution in [0.3, 0.4) is 0 Å². The molecule has 2 aromatic heterocycles. The van der Waals surface area contributed by atoms with Crippen molar-refractivity contribution in [3.05, 3.63) is 50.6 Å². The molecule has 1 aliphatic rings. The van der Waals surface area contributed by atoms with Crippen molar-refractivity contribution >= 4 is 33.3 Å². The van der Waals surface area contributed by atoms with Crippen LogP contribution in [-0.4, -0.2) is 20.9 Å². The maximum Gasteiger partial charge on any atom is 0.267 e. The lowest BCUT2D eigenvalue weighted by Crippen LogP contribution is -2.28. The molecular formula is C22H26N2O2S2. The van der Waals surface area contributed by atoms with Crippen molar-refractivity contribution in [2.24, 2.45) is 5.92 Å². The first kappa shape index (κ1) is 19.7. The van der Waals surface area contributed by atoms with Crippen LogP contribution in [0.2, 0.25) is 0 Å². The summed E-state index contributed by atoms with van der Waals surface area (Å²) in [4.78, 5) is 20.6. The van der Waals surface area contributed by atoms with Gasteiger partial charge in [0.15, 0.2) is 5.16 Å². The Hall–Kier alpha value is -1.63. The number of aryl methyl sites for hydroxylation is 1. The van der Waals surface area contributed by atoms with Gasteiger partial charge in [-0.25, -0.2) is 4.98 Å². The smallest absolute Gasteiger partial charge is 0.267 e. The summed E-state index contributed by atoms with van der Waals surface area (Å²) in [7, 11) is 0. The number of thioether (sulfide) groups is 1. The van der Waals surface area contributed by atoms with Crippen LogP contribution in [0.15, 0.2) is 34.2 Å². The number of aromatic nitrogens is 2. The lowest BCUT2D eigenvalue weighted by atomic mass is 9.96. The summed E-state index contributed by atoms with van der Waals surface area (Å²) >= 11 is 3.24. The fourth-order valence-corrected chi connectivity index (χ4v) is 5.58. The predicted octanol–water partition coefficient (Wildman–Crippen LogP) is 5.35. The minimum atomic E-state index is 0.0407. The highest BCUT2D eigenvalue weighted by Crippen LogP contribution is 2.36. The molecule has 0 fully saturated rings. The van der Waals surface area contributed by atoms with Gasteiger partial charge in [0.1, 0.15) is 4.83 Å². The van der Waals surface area contributed by atoms with E-state index in [1.54, 1.807) is 27.7 Å². The van der Waals surface area contributed by atoms with Gasteiger partial charge in [-0.1, -0.05) is 57.2 Å². The van der Waals surface area contributed by atoms with E-state index >= 15 is 0 Å². The Kier molecular flexibility index (Phi) is 5.38. The summed E-state index contributed by atoms with van der Waals surface area (Å²) in [6.45, 7) is 11.2. The topological polar surface area (TPSA) is 44.1 Å². The Morgan fingerprint density at radius 2 is 1.93 bits per heavy atom. The molecule has 0 amide bonds. The molecule has 4 nitrogen and oxygen atoms in total. The largest absolute Gasteiger partial charge is 0.372 e. The highest BCUT2D eigenvalue weighted by molar-refractivity contribution is 7.99. The Morgan fingerprint density at radius 1 is 1.21 bits per heavy atom. The van der Waals surface area contributed by atoms with E-state index in [1.807, 2.05) is 24.3 Å². The molecule has 4 rings (SSSR count). The second kappa shape index (κ2) is 7.65. The van der Waals surface area contributed by atoms with Gasteiger partial charge in [0.25, 0.3) is 5.56 Å². The van der Waals surface area contributed by atoms with Gasteiger partial charge in [-0.2, -0.15) is 0 Å². The van der Waals surface area contributed by atoms with Crippen molar-refractivity contribution in [2.45, 2.75) is 64.2 Å². The molecule has 0 unspecified atom stereocenters. The zero-order valence-corrected chi connectivity index (χ0v) is 18.6. The molecule has 0 N–H and O–H groups in total. The molecule has 0 saturated heterocycles. The summed E-state index contributed by atoms with van der Waals surface area (Å²) < 4.78 is 7.82. The minimum Gasteiger partial charge on any atom is -0.372 e. The molecule has 0 saturated carbocycles. The van der Waals surface area contributed by atoms with Gasteiger partial charge in [-0.3, -0.25) is 9.36 Å². The lowest BCUT2D eigenvalue weighted by molar-refractivity contribution is 0.00200. The van der Waals surface area contributed by atoms with E-state index in [-0.39, 0.29) is 11.7 Å². The van der Waals surface area contributed by atoms with Crippen molar-refractivity contribution in [1.29, 1.82) is 0 Å². The van der Waals surface area contributed by atoms with Gasteiger partial charge >= 0.3 is 0 Å². The van der Waals surface area contributed by atoms with Gasteiger partial charge in [0, 0.05) is 16.5 Å². The number of rotatable bonds is 4.